The van der Waals surface area contributed by atoms with Crippen LogP contribution in [0.2, 0.25) is 0 Å². The van der Waals surface area contributed by atoms with E-state index in [2.05, 4.69) is 17.0 Å². The molecular weight excluding hydrogens is 347 g/mol. The van der Waals surface area contributed by atoms with Crippen molar-refractivity contribution >= 4 is 5.91 Å². The fourth-order valence-electron chi connectivity index (χ4n) is 3.13. The number of carbonyl (C=O) groups excluding carboxylic acids is 1. The molecule has 0 aliphatic carbocycles. The predicted molar refractivity (Wildman–Crippen MR) is 101 cm³/mol. The second kappa shape index (κ2) is 9.37. The minimum Gasteiger partial charge on any atom is -0.497 e. The van der Waals surface area contributed by atoms with Crippen LogP contribution in [0.15, 0.2) is 48.5 Å². The molecule has 1 amide bonds. The smallest absolute Gasteiger partial charge is 0.260 e. The zero-order valence-electron chi connectivity index (χ0n) is 15.6. The van der Waals surface area contributed by atoms with E-state index in [0.717, 1.165) is 38.3 Å². The van der Waals surface area contributed by atoms with E-state index in [4.69, 9.17) is 9.47 Å². The number of hydrogen-bond acceptors (Lipinski definition) is 4. The highest BCUT2D eigenvalue weighted by Gasteiger charge is 2.19. The van der Waals surface area contributed by atoms with Crippen molar-refractivity contribution in [3.8, 4) is 11.5 Å². The third-order valence-corrected chi connectivity index (χ3v) is 4.68. The zero-order valence-corrected chi connectivity index (χ0v) is 15.6. The molecule has 0 N–H and O–H groups in total. The minimum atomic E-state index is -0.321. The van der Waals surface area contributed by atoms with E-state index >= 15 is 0 Å². The van der Waals surface area contributed by atoms with E-state index in [9.17, 15) is 9.18 Å². The molecule has 0 aromatic heterocycles. The SMILES string of the molecule is COc1ccc(CN2CCCN(C(=O)COc3ccc(F)cc3)CC2)cc1. The van der Waals surface area contributed by atoms with Gasteiger partial charge >= 0.3 is 0 Å². The largest absolute Gasteiger partial charge is 0.497 e. The molecular formula is C21H25FN2O3. The number of rotatable bonds is 6. The van der Waals surface area contributed by atoms with Gasteiger partial charge in [0.05, 0.1) is 7.11 Å². The lowest BCUT2D eigenvalue weighted by molar-refractivity contribution is -0.133. The van der Waals surface area contributed by atoms with Gasteiger partial charge in [-0.05, 0) is 48.4 Å². The molecule has 0 spiro atoms. The van der Waals surface area contributed by atoms with Crippen molar-refractivity contribution in [1.82, 2.24) is 9.80 Å². The first-order chi connectivity index (χ1) is 13.1. The van der Waals surface area contributed by atoms with Crippen molar-refractivity contribution in [3.63, 3.8) is 0 Å². The highest BCUT2D eigenvalue weighted by atomic mass is 19.1. The van der Waals surface area contributed by atoms with Gasteiger partial charge in [-0.1, -0.05) is 12.1 Å². The number of hydrogen-bond donors (Lipinski definition) is 0. The summed E-state index contributed by atoms with van der Waals surface area (Å²) in [6.07, 6.45) is 0.929. The summed E-state index contributed by atoms with van der Waals surface area (Å²) in [5.41, 5.74) is 1.23. The van der Waals surface area contributed by atoms with Crippen LogP contribution in [0.5, 0.6) is 11.5 Å². The van der Waals surface area contributed by atoms with E-state index in [1.807, 2.05) is 17.0 Å². The van der Waals surface area contributed by atoms with E-state index < -0.39 is 0 Å². The third-order valence-electron chi connectivity index (χ3n) is 4.68. The van der Waals surface area contributed by atoms with Crippen molar-refractivity contribution in [2.75, 3.05) is 39.9 Å². The summed E-state index contributed by atoms with van der Waals surface area (Å²) in [5.74, 6) is 0.997. The monoisotopic (exact) mass is 372 g/mol. The molecule has 1 fully saturated rings. The molecule has 144 valence electrons. The van der Waals surface area contributed by atoms with Crippen LogP contribution in [0, 0.1) is 5.82 Å². The van der Waals surface area contributed by atoms with E-state index in [0.29, 0.717) is 12.3 Å². The molecule has 27 heavy (non-hydrogen) atoms. The zero-order chi connectivity index (χ0) is 19.1. The fourth-order valence-corrected chi connectivity index (χ4v) is 3.13. The lowest BCUT2D eigenvalue weighted by Gasteiger charge is -2.22. The number of halogens is 1. The van der Waals surface area contributed by atoms with Gasteiger partial charge in [0, 0.05) is 32.7 Å². The van der Waals surface area contributed by atoms with Crippen molar-refractivity contribution in [3.05, 3.63) is 59.9 Å². The Bertz CT molecular complexity index is 734. The lowest BCUT2D eigenvalue weighted by atomic mass is 10.2. The van der Waals surface area contributed by atoms with Crippen LogP contribution in [-0.4, -0.2) is 55.6 Å². The lowest BCUT2D eigenvalue weighted by Crippen LogP contribution is -2.38. The van der Waals surface area contributed by atoms with Gasteiger partial charge < -0.3 is 14.4 Å². The summed E-state index contributed by atoms with van der Waals surface area (Å²) in [4.78, 5) is 16.6. The standard InChI is InChI=1S/C21H25FN2O3/c1-26-19-7-3-17(4-8-19)15-23-11-2-12-24(14-13-23)21(25)16-27-20-9-5-18(22)6-10-20/h3-10H,2,11-16H2,1H3. The van der Waals surface area contributed by atoms with Crippen LogP contribution >= 0.6 is 0 Å². The summed E-state index contributed by atoms with van der Waals surface area (Å²) in [7, 11) is 1.66. The fraction of sp³-hybridized carbons (Fsp3) is 0.381. The van der Waals surface area contributed by atoms with Gasteiger partial charge in [0.2, 0.25) is 0 Å². The molecule has 1 heterocycles. The second-order valence-electron chi connectivity index (χ2n) is 6.60. The Balaban J connectivity index is 1.46. The molecule has 0 bridgehead atoms. The van der Waals surface area contributed by atoms with Crippen molar-refractivity contribution in [2.45, 2.75) is 13.0 Å². The number of amides is 1. The summed E-state index contributed by atoms with van der Waals surface area (Å²) in [6, 6.07) is 13.8. The maximum Gasteiger partial charge on any atom is 0.260 e. The summed E-state index contributed by atoms with van der Waals surface area (Å²) in [6.45, 7) is 4.03. The van der Waals surface area contributed by atoms with E-state index in [1.165, 1.54) is 29.8 Å². The Morgan fingerprint density at radius 3 is 2.37 bits per heavy atom. The van der Waals surface area contributed by atoms with Gasteiger partial charge in [0.15, 0.2) is 6.61 Å². The first-order valence-corrected chi connectivity index (χ1v) is 9.15. The first-order valence-electron chi connectivity index (χ1n) is 9.15. The Labute approximate surface area is 159 Å². The van der Waals surface area contributed by atoms with Crippen LogP contribution in [0.1, 0.15) is 12.0 Å². The van der Waals surface area contributed by atoms with E-state index in [1.54, 1.807) is 7.11 Å². The van der Waals surface area contributed by atoms with Crippen molar-refractivity contribution in [1.29, 1.82) is 0 Å². The maximum absolute atomic E-state index is 12.9. The molecule has 1 saturated heterocycles. The Morgan fingerprint density at radius 2 is 1.67 bits per heavy atom. The van der Waals surface area contributed by atoms with Gasteiger partial charge in [0.1, 0.15) is 17.3 Å². The molecule has 0 unspecified atom stereocenters. The highest BCUT2D eigenvalue weighted by molar-refractivity contribution is 5.77. The molecule has 1 aliphatic rings. The van der Waals surface area contributed by atoms with Crippen molar-refractivity contribution in [2.24, 2.45) is 0 Å². The summed E-state index contributed by atoms with van der Waals surface area (Å²) >= 11 is 0. The molecule has 0 saturated carbocycles. The Kier molecular flexibility index (Phi) is 6.65. The number of nitrogens with zero attached hydrogens (tertiary/aromatic N) is 2. The summed E-state index contributed by atoms with van der Waals surface area (Å²) in [5, 5.41) is 0. The molecule has 6 heteroatoms. The molecule has 2 aromatic carbocycles. The average Bonchev–Trinajstić information content (AvgIpc) is 2.93. The molecule has 2 aromatic rings. The van der Waals surface area contributed by atoms with Crippen LogP contribution in [0.4, 0.5) is 4.39 Å². The predicted octanol–water partition coefficient (Wildman–Crippen LogP) is 2.95. The number of ether oxygens (including phenoxy) is 2. The Morgan fingerprint density at radius 1 is 0.963 bits per heavy atom. The molecule has 5 nitrogen and oxygen atoms in total. The number of methoxy groups -OCH3 is 1. The molecule has 0 radical (unpaired) electrons. The topological polar surface area (TPSA) is 42.0 Å². The van der Waals surface area contributed by atoms with Crippen LogP contribution < -0.4 is 9.47 Å². The third kappa shape index (κ3) is 5.69. The van der Waals surface area contributed by atoms with Gasteiger partial charge in [-0.25, -0.2) is 4.39 Å². The number of benzene rings is 2. The minimum absolute atomic E-state index is 0.0237. The van der Waals surface area contributed by atoms with Crippen LogP contribution in [0.25, 0.3) is 0 Å². The molecule has 3 rings (SSSR count). The van der Waals surface area contributed by atoms with Gasteiger partial charge in [-0.15, -0.1) is 0 Å². The average molecular weight is 372 g/mol. The van der Waals surface area contributed by atoms with Gasteiger partial charge in [-0.2, -0.15) is 0 Å². The normalized spacial score (nSPS) is 15.3. The second-order valence-corrected chi connectivity index (χ2v) is 6.60. The number of carbonyl (C=O) groups is 1. The van der Waals surface area contributed by atoms with Crippen LogP contribution in [-0.2, 0) is 11.3 Å². The van der Waals surface area contributed by atoms with E-state index in [-0.39, 0.29) is 18.3 Å². The van der Waals surface area contributed by atoms with Gasteiger partial charge in [-0.3, -0.25) is 9.69 Å². The quantitative estimate of drug-likeness (QED) is 0.782. The highest BCUT2D eigenvalue weighted by Crippen LogP contribution is 2.15. The summed E-state index contributed by atoms with van der Waals surface area (Å²) < 4.78 is 23.6. The van der Waals surface area contributed by atoms with Crippen LogP contribution in [0.3, 0.4) is 0 Å². The molecule has 1 aliphatic heterocycles. The molecule has 0 atom stereocenters. The first kappa shape index (κ1) is 19.2. The van der Waals surface area contributed by atoms with Crippen molar-refractivity contribution < 1.29 is 18.7 Å². The Hall–Kier alpha value is -2.60. The maximum atomic E-state index is 12.9. The van der Waals surface area contributed by atoms with Gasteiger partial charge in [0.25, 0.3) is 5.91 Å².